The number of carbonyl (C=O) groups is 1. The highest BCUT2D eigenvalue weighted by atomic mass is 16.1. The monoisotopic (exact) mass is 246 g/mol. The molecule has 0 saturated carbocycles. The zero-order valence-corrected chi connectivity index (χ0v) is 11.4. The Morgan fingerprint density at radius 2 is 1.89 bits per heavy atom. The topological polar surface area (TPSA) is 41.1 Å². The largest absolute Gasteiger partial charge is 0.326 e. The van der Waals surface area contributed by atoms with Crippen LogP contribution in [0.15, 0.2) is 24.3 Å². The van der Waals surface area contributed by atoms with Crippen molar-refractivity contribution in [1.82, 2.24) is 5.32 Å². The maximum atomic E-state index is 11.8. The van der Waals surface area contributed by atoms with E-state index in [0.29, 0.717) is 12.3 Å². The number of rotatable bonds is 3. The van der Waals surface area contributed by atoms with Crippen LogP contribution in [0.4, 0.5) is 5.69 Å². The van der Waals surface area contributed by atoms with Crippen LogP contribution in [0.1, 0.15) is 32.8 Å². The minimum atomic E-state index is 0.116. The van der Waals surface area contributed by atoms with E-state index in [9.17, 15) is 4.79 Å². The van der Waals surface area contributed by atoms with Crippen molar-refractivity contribution in [2.24, 2.45) is 5.92 Å². The van der Waals surface area contributed by atoms with Gasteiger partial charge in [-0.25, -0.2) is 0 Å². The highest BCUT2D eigenvalue weighted by Gasteiger charge is 2.20. The molecule has 2 N–H and O–H groups in total. The third-order valence-electron chi connectivity index (χ3n) is 3.37. The molecule has 0 unspecified atom stereocenters. The van der Waals surface area contributed by atoms with Gasteiger partial charge < -0.3 is 10.6 Å². The molecule has 0 radical (unpaired) electrons. The summed E-state index contributed by atoms with van der Waals surface area (Å²) >= 11 is 0. The van der Waals surface area contributed by atoms with Gasteiger partial charge in [0.1, 0.15) is 0 Å². The molecular formula is C15H22N2O. The number of hydrogen-bond acceptors (Lipinski definition) is 2. The molecule has 1 saturated heterocycles. The Balaban J connectivity index is 1.91. The SMILES string of the molecule is CC(C)(C)c1ccc(NC(=O)CC2CNC2)cc1. The molecule has 1 amide bonds. The molecule has 0 aromatic heterocycles. The second-order valence-electron chi connectivity index (χ2n) is 6.10. The van der Waals surface area contributed by atoms with E-state index in [1.165, 1.54) is 5.56 Å². The second kappa shape index (κ2) is 5.11. The van der Waals surface area contributed by atoms with Crippen LogP contribution in [0.2, 0.25) is 0 Å². The molecule has 18 heavy (non-hydrogen) atoms. The van der Waals surface area contributed by atoms with Gasteiger partial charge in [-0.1, -0.05) is 32.9 Å². The zero-order valence-electron chi connectivity index (χ0n) is 11.4. The number of benzene rings is 1. The van der Waals surface area contributed by atoms with E-state index < -0.39 is 0 Å². The maximum Gasteiger partial charge on any atom is 0.224 e. The van der Waals surface area contributed by atoms with E-state index in [-0.39, 0.29) is 11.3 Å². The number of carbonyl (C=O) groups excluding carboxylic acids is 1. The van der Waals surface area contributed by atoms with Crippen LogP contribution in [-0.4, -0.2) is 19.0 Å². The van der Waals surface area contributed by atoms with Crippen LogP contribution in [-0.2, 0) is 10.2 Å². The maximum absolute atomic E-state index is 11.8. The molecule has 1 aromatic carbocycles. The summed E-state index contributed by atoms with van der Waals surface area (Å²) < 4.78 is 0. The molecule has 3 heteroatoms. The molecule has 3 nitrogen and oxygen atoms in total. The van der Waals surface area contributed by atoms with Crippen molar-refractivity contribution in [2.75, 3.05) is 18.4 Å². The van der Waals surface area contributed by atoms with Gasteiger partial charge in [-0.05, 0) is 42.1 Å². The summed E-state index contributed by atoms with van der Waals surface area (Å²) in [6, 6.07) is 8.13. The van der Waals surface area contributed by atoms with Crippen molar-refractivity contribution >= 4 is 11.6 Å². The number of nitrogens with one attached hydrogen (secondary N) is 2. The Morgan fingerprint density at radius 3 is 2.33 bits per heavy atom. The fourth-order valence-corrected chi connectivity index (χ4v) is 2.02. The molecule has 0 atom stereocenters. The van der Waals surface area contributed by atoms with Gasteiger partial charge in [-0.2, -0.15) is 0 Å². The van der Waals surface area contributed by atoms with Gasteiger partial charge in [0.15, 0.2) is 0 Å². The van der Waals surface area contributed by atoms with Crippen LogP contribution in [0.3, 0.4) is 0 Å². The summed E-state index contributed by atoms with van der Waals surface area (Å²) in [7, 11) is 0. The summed E-state index contributed by atoms with van der Waals surface area (Å²) in [6.07, 6.45) is 0.619. The van der Waals surface area contributed by atoms with Crippen molar-refractivity contribution < 1.29 is 4.79 Å². The molecule has 0 aliphatic carbocycles. The minimum Gasteiger partial charge on any atom is -0.326 e. The van der Waals surface area contributed by atoms with Gasteiger partial charge in [0.25, 0.3) is 0 Å². The fraction of sp³-hybridized carbons (Fsp3) is 0.533. The summed E-state index contributed by atoms with van der Waals surface area (Å²) in [5.74, 6) is 0.629. The molecule has 98 valence electrons. The third-order valence-corrected chi connectivity index (χ3v) is 3.37. The summed E-state index contributed by atoms with van der Waals surface area (Å²) in [5.41, 5.74) is 2.32. The average molecular weight is 246 g/mol. The van der Waals surface area contributed by atoms with E-state index in [2.05, 4.69) is 43.5 Å². The van der Waals surface area contributed by atoms with Gasteiger partial charge in [0, 0.05) is 12.1 Å². The summed E-state index contributed by atoms with van der Waals surface area (Å²) in [4.78, 5) is 11.8. The second-order valence-corrected chi connectivity index (χ2v) is 6.10. The number of amides is 1. The number of hydrogen-bond donors (Lipinski definition) is 2. The van der Waals surface area contributed by atoms with Crippen LogP contribution < -0.4 is 10.6 Å². The van der Waals surface area contributed by atoms with Crippen molar-refractivity contribution in [1.29, 1.82) is 0 Å². The van der Waals surface area contributed by atoms with Crippen LogP contribution in [0.25, 0.3) is 0 Å². The van der Waals surface area contributed by atoms with E-state index >= 15 is 0 Å². The lowest BCUT2D eigenvalue weighted by atomic mass is 9.87. The van der Waals surface area contributed by atoms with E-state index in [1.54, 1.807) is 0 Å². The molecule has 0 bridgehead atoms. The minimum absolute atomic E-state index is 0.116. The lowest BCUT2D eigenvalue weighted by Gasteiger charge is -2.26. The Morgan fingerprint density at radius 1 is 1.28 bits per heavy atom. The van der Waals surface area contributed by atoms with Crippen molar-refractivity contribution in [3.05, 3.63) is 29.8 Å². The molecule has 2 rings (SSSR count). The van der Waals surface area contributed by atoms with Crippen LogP contribution in [0, 0.1) is 5.92 Å². The van der Waals surface area contributed by atoms with Crippen LogP contribution in [0.5, 0.6) is 0 Å². The molecule has 0 spiro atoms. The lowest BCUT2D eigenvalue weighted by molar-refractivity contribution is -0.117. The van der Waals surface area contributed by atoms with Crippen molar-refractivity contribution in [2.45, 2.75) is 32.6 Å². The van der Waals surface area contributed by atoms with Crippen molar-refractivity contribution in [3.63, 3.8) is 0 Å². The smallest absolute Gasteiger partial charge is 0.224 e. The number of anilines is 1. The first-order chi connectivity index (χ1) is 8.45. The Bertz CT molecular complexity index is 413. The van der Waals surface area contributed by atoms with E-state index in [4.69, 9.17) is 0 Å². The first-order valence-electron chi connectivity index (χ1n) is 6.56. The van der Waals surface area contributed by atoms with Gasteiger partial charge >= 0.3 is 0 Å². The molecule has 1 aliphatic heterocycles. The van der Waals surface area contributed by atoms with E-state index in [1.807, 2.05) is 12.1 Å². The highest BCUT2D eigenvalue weighted by Crippen LogP contribution is 2.23. The standard InChI is InChI=1S/C15H22N2O/c1-15(2,3)12-4-6-13(7-5-12)17-14(18)8-11-9-16-10-11/h4-7,11,16H,8-10H2,1-3H3,(H,17,18). The van der Waals surface area contributed by atoms with Crippen molar-refractivity contribution in [3.8, 4) is 0 Å². The Labute approximate surface area is 109 Å². The normalized spacial score (nSPS) is 16.2. The Hall–Kier alpha value is -1.35. The predicted octanol–water partition coefficient (Wildman–Crippen LogP) is 2.53. The average Bonchev–Trinajstić information content (AvgIpc) is 2.23. The van der Waals surface area contributed by atoms with Gasteiger partial charge in [-0.15, -0.1) is 0 Å². The quantitative estimate of drug-likeness (QED) is 0.860. The van der Waals surface area contributed by atoms with Gasteiger partial charge in [0.05, 0.1) is 0 Å². The molecule has 1 aromatic rings. The predicted molar refractivity (Wildman–Crippen MR) is 74.7 cm³/mol. The zero-order chi connectivity index (χ0) is 13.2. The van der Waals surface area contributed by atoms with Gasteiger partial charge in [-0.3, -0.25) is 4.79 Å². The first-order valence-corrected chi connectivity index (χ1v) is 6.56. The summed E-state index contributed by atoms with van der Waals surface area (Å²) in [5, 5.41) is 6.13. The third kappa shape index (κ3) is 3.33. The Kier molecular flexibility index (Phi) is 3.71. The van der Waals surface area contributed by atoms with Gasteiger partial charge in [0.2, 0.25) is 5.91 Å². The molecule has 1 fully saturated rings. The van der Waals surface area contributed by atoms with Crippen LogP contribution >= 0.6 is 0 Å². The molecular weight excluding hydrogens is 224 g/mol. The fourth-order valence-electron chi connectivity index (χ4n) is 2.02. The lowest BCUT2D eigenvalue weighted by Crippen LogP contribution is -2.43. The molecule has 1 aliphatic rings. The van der Waals surface area contributed by atoms with E-state index in [0.717, 1.165) is 18.8 Å². The molecule has 1 heterocycles. The summed E-state index contributed by atoms with van der Waals surface area (Å²) in [6.45, 7) is 8.49. The first kappa shape index (κ1) is 13.1. The highest BCUT2D eigenvalue weighted by molar-refractivity contribution is 5.90.